The first-order valence-corrected chi connectivity index (χ1v) is 10.5. The third-order valence-electron chi connectivity index (χ3n) is 5.80. The minimum absolute atomic E-state index is 0.0769. The van der Waals surface area contributed by atoms with Crippen molar-refractivity contribution in [1.29, 1.82) is 0 Å². The van der Waals surface area contributed by atoms with Crippen LogP contribution in [0, 0.1) is 0 Å². The normalized spacial score (nSPS) is 21.6. The predicted molar refractivity (Wildman–Crippen MR) is 109 cm³/mol. The zero-order valence-corrected chi connectivity index (χ0v) is 17.5. The SMILES string of the molecule is COc1cccc(C([O-])=C2C(=O)C(=O)N(CCC[NH+]3CCOCC3)C2c2ccco2)c1. The van der Waals surface area contributed by atoms with Gasteiger partial charge < -0.3 is 28.8 Å². The summed E-state index contributed by atoms with van der Waals surface area (Å²) in [7, 11) is 1.50. The van der Waals surface area contributed by atoms with E-state index in [-0.39, 0.29) is 5.57 Å². The lowest BCUT2D eigenvalue weighted by Crippen LogP contribution is -3.14. The van der Waals surface area contributed by atoms with Crippen LogP contribution in [-0.4, -0.2) is 63.1 Å². The molecule has 0 aliphatic carbocycles. The van der Waals surface area contributed by atoms with Gasteiger partial charge in [0.15, 0.2) is 0 Å². The Balaban J connectivity index is 1.63. The van der Waals surface area contributed by atoms with Gasteiger partial charge in [-0.2, -0.15) is 0 Å². The smallest absolute Gasteiger partial charge is 0.295 e. The summed E-state index contributed by atoms with van der Waals surface area (Å²) in [6, 6.07) is 9.12. The number of ketones is 1. The van der Waals surface area contributed by atoms with Crippen LogP contribution in [0.15, 0.2) is 52.7 Å². The Kier molecular flexibility index (Phi) is 6.39. The highest BCUT2D eigenvalue weighted by molar-refractivity contribution is 6.46. The summed E-state index contributed by atoms with van der Waals surface area (Å²) in [6.07, 6.45) is 2.19. The van der Waals surface area contributed by atoms with Gasteiger partial charge in [-0.25, -0.2) is 0 Å². The first-order valence-electron chi connectivity index (χ1n) is 10.5. The highest BCUT2D eigenvalue weighted by Gasteiger charge is 2.45. The fourth-order valence-corrected chi connectivity index (χ4v) is 4.17. The highest BCUT2D eigenvalue weighted by Crippen LogP contribution is 2.39. The summed E-state index contributed by atoms with van der Waals surface area (Å²) in [5, 5.41) is 13.3. The van der Waals surface area contributed by atoms with Crippen LogP contribution in [0.5, 0.6) is 5.75 Å². The minimum Gasteiger partial charge on any atom is -0.872 e. The van der Waals surface area contributed by atoms with Crippen LogP contribution in [0.3, 0.4) is 0 Å². The molecule has 1 amide bonds. The van der Waals surface area contributed by atoms with Crippen LogP contribution < -0.4 is 14.7 Å². The molecule has 2 saturated heterocycles. The number of Topliss-reactive ketones (excluding diaryl/α,β-unsaturated/α-hetero) is 1. The molecule has 2 aliphatic rings. The standard InChI is InChI=1S/C23H26N2O6/c1-29-17-6-2-5-16(15-17)21(26)19-20(18-7-3-12-31-18)25(23(28)22(19)27)9-4-8-24-10-13-30-14-11-24/h2-3,5-7,12,15,20,26H,4,8-11,13-14H2,1H3. The average Bonchev–Trinajstić information content (AvgIpc) is 3.42. The number of rotatable bonds is 7. The summed E-state index contributed by atoms with van der Waals surface area (Å²) >= 11 is 0. The molecule has 1 aromatic carbocycles. The number of carbonyl (C=O) groups is 2. The van der Waals surface area contributed by atoms with Crippen molar-refractivity contribution < 1.29 is 33.5 Å². The van der Waals surface area contributed by atoms with E-state index >= 15 is 0 Å². The number of nitrogens with zero attached hydrogens (tertiary/aromatic N) is 1. The molecule has 1 aromatic heterocycles. The molecule has 1 unspecified atom stereocenters. The third kappa shape index (κ3) is 4.35. The van der Waals surface area contributed by atoms with Crippen molar-refractivity contribution in [3.8, 4) is 5.75 Å². The lowest BCUT2D eigenvalue weighted by molar-refractivity contribution is -0.908. The summed E-state index contributed by atoms with van der Waals surface area (Å²) in [4.78, 5) is 28.7. The quantitative estimate of drug-likeness (QED) is 0.375. The number of amides is 1. The molecule has 8 heteroatoms. The van der Waals surface area contributed by atoms with Gasteiger partial charge in [0.2, 0.25) is 5.78 Å². The summed E-state index contributed by atoms with van der Waals surface area (Å²) in [6.45, 7) is 4.57. The lowest BCUT2D eigenvalue weighted by Gasteiger charge is -2.27. The second kappa shape index (κ2) is 9.36. The van der Waals surface area contributed by atoms with E-state index in [0.29, 0.717) is 30.0 Å². The Bertz CT molecular complexity index is 962. The predicted octanol–water partition coefficient (Wildman–Crippen LogP) is -0.183. The number of likely N-dealkylation sites (tertiary alicyclic amines) is 1. The molecule has 0 radical (unpaired) electrons. The molecule has 2 fully saturated rings. The third-order valence-corrected chi connectivity index (χ3v) is 5.80. The van der Waals surface area contributed by atoms with Crippen LogP contribution in [-0.2, 0) is 14.3 Å². The molecule has 1 atom stereocenters. The van der Waals surface area contributed by atoms with Gasteiger partial charge in [0.05, 0.1) is 33.1 Å². The molecule has 4 rings (SSSR count). The molecule has 2 aromatic rings. The molecule has 31 heavy (non-hydrogen) atoms. The van der Waals surface area contributed by atoms with E-state index in [1.165, 1.54) is 23.2 Å². The number of morpholine rings is 1. The van der Waals surface area contributed by atoms with E-state index in [9.17, 15) is 14.7 Å². The van der Waals surface area contributed by atoms with Crippen molar-refractivity contribution in [3.63, 3.8) is 0 Å². The number of carbonyl (C=O) groups excluding carboxylic acids is 2. The first kappa shape index (κ1) is 21.1. The first-order chi connectivity index (χ1) is 15.1. The number of nitrogens with one attached hydrogen (secondary N) is 1. The van der Waals surface area contributed by atoms with Gasteiger partial charge in [0.25, 0.3) is 5.91 Å². The van der Waals surface area contributed by atoms with E-state index in [0.717, 1.165) is 32.8 Å². The maximum atomic E-state index is 13.3. The Labute approximate surface area is 180 Å². The second-order valence-electron chi connectivity index (χ2n) is 7.69. The molecule has 1 N–H and O–H groups in total. The van der Waals surface area contributed by atoms with Crippen molar-refractivity contribution in [2.45, 2.75) is 12.5 Å². The highest BCUT2D eigenvalue weighted by atomic mass is 16.5. The number of methoxy groups -OCH3 is 1. The van der Waals surface area contributed by atoms with E-state index < -0.39 is 23.5 Å². The van der Waals surface area contributed by atoms with Crippen LogP contribution in [0.4, 0.5) is 0 Å². The van der Waals surface area contributed by atoms with Crippen molar-refractivity contribution in [1.82, 2.24) is 4.90 Å². The molecule has 2 aliphatic heterocycles. The van der Waals surface area contributed by atoms with E-state index in [1.807, 2.05) is 0 Å². The van der Waals surface area contributed by atoms with Crippen molar-refractivity contribution >= 4 is 17.4 Å². The van der Waals surface area contributed by atoms with Crippen LogP contribution in [0.25, 0.3) is 5.76 Å². The molecule has 0 spiro atoms. The Morgan fingerprint density at radius 2 is 2.03 bits per heavy atom. The summed E-state index contributed by atoms with van der Waals surface area (Å²) in [5.41, 5.74) is 0.221. The largest absolute Gasteiger partial charge is 0.872 e. The number of ether oxygens (including phenoxy) is 2. The number of hydrogen-bond acceptors (Lipinski definition) is 6. The summed E-state index contributed by atoms with van der Waals surface area (Å²) in [5.74, 6) is -1.01. The molecule has 0 saturated carbocycles. The van der Waals surface area contributed by atoms with E-state index in [4.69, 9.17) is 13.9 Å². The number of furan rings is 1. The van der Waals surface area contributed by atoms with Gasteiger partial charge in [-0.05, 0) is 29.8 Å². The fourth-order valence-electron chi connectivity index (χ4n) is 4.17. The van der Waals surface area contributed by atoms with Gasteiger partial charge in [-0.3, -0.25) is 9.59 Å². The van der Waals surface area contributed by atoms with Crippen molar-refractivity contribution in [3.05, 3.63) is 59.6 Å². The number of benzene rings is 1. The molecule has 164 valence electrons. The van der Waals surface area contributed by atoms with Crippen LogP contribution >= 0.6 is 0 Å². The fraction of sp³-hybridized carbons (Fsp3) is 0.391. The zero-order valence-electron chi connectivity index (χ0n) is 17.5. The van der Waals surface area contributed by atoms with Gasteiger partial charge in [-0.15, -0.1) is 0 Å². The van der Waals surface area contributed by atoms with Gasteiger partial charge in [-0.1, -0.05) is 17.9 Å². The van der Waals surface area contributed by atoms with Crippen LogP contribution in [0.2, 0.25) is 0 Å². The molecular formula is C23H26N2O6. The molecular weight excluding hydrogens is 400 g/mol. The van der Waals surface area contributed by atoms with Gasteiger partial charge in [0, 0.05) is 18.5 Å². The average molecular weight is 426 g/mol. The van der Waals surface area contributed by atoms with Gasteiger partial charge in [0.1, 0.15) is 30.6 Å². The molecule has 0 bridgehead atoms. The number of quaternary nitrogens is 1. The topological polar surface area (TPSA) is 96.5 Å². The monoisotopic (exact) mass is 426 g/mol. The van der Waals surface area contributed by atoms with Crippen molar-refractivity contribution in [2.75, 3.05) is 46.5 Å². The van der Waals surface area contributed by atoms with Crippen LogP contribution in [0.1, 0.15) is 23.8 Å². The maximum absolute atomic E-state index is 13.3. The Morgan fingerprint density at radius 3 is 2.74 bits per heavy atom. The minimum atomic E-state index is -0.826. The molecule has 3 heterocycles. The molecule has 8 nitrogen and oxygen atoms in total. The Hall–Kier alpha value is -3.10. The maximum Gasteiger partial charge on any atom is 0.295 e. The Morgan fingerprint density at radius 1 is 1.23 bits per heavy atom. The van der Waals surface area contributed by atoms with E-state index in [1.54, 1.807) is 36.4 Å². The van der Waals surface area contributed by atoms with Crippen molar-refractivity contribution in [2.24, 2.45) is 0 Å². The zero-order chi connectivity index (χ0) is 21.8. The lowest BCUT2D eigenvalue weighted by atomic mass is 9.99. The van der Waals surface area contributed by atoms with E-state index in [2.05, 4.69) is 0 Å². The van der Waals surface area contributed by atoms with Gasteiger partial charge >= 0.3 is 0 Å². The second-order valence-corrected chi connectivity index (χ2v) is 7.69. The summed E-state index contributed by atoms with van der Waals surface area (Å²) < 4.78 is 16.1. The number of hydrogen-bond donors (Lipinski definition) is 1.